The van der Waals surface area contributed by atoms with Gasteiger partial charge in [-0.25, -0.2) is 9.18 Å². The van der Waals surface area contributed by atoms with E-state index in [4.69, 9.17) is 9.84 Å². The van der Waals surface area contributed by atoms with Gasteiger partial charge in [-0.05, 0) is 81.1 Å². The average Bonchev–Trinajstić information content (AvgIpc) is 2.72. The number of piperidine rings is 1. The highest BCUT2D eigenvalue weighted by Crippen LogP contribution is 2.27. The molecule has 2 aromatic rings. The summed E-state index contributed by atoms with van der Waals surface area (Å²) in [6, 6.07) is 14.1. The van der Waals surface area contributed by atoms with Gasteiger partial charge in [0.05, 0.1) is 23.8 Å². The van der Waals surface area contributed by atoms with E-state index in [-0.39, 0.29) is 5.56 Å². The van der Waals surface area contributed by atoms with Crippen molar-refractivity contribution in [2.75, 3.05) is 26.2 Å². The van der Waals surface area contributed by atoms with Gasteiger partial charge in [0.25, 0.3) is 0 Å². The number of carboxylic acids is 1. The Morgan fingerprint density at radius 2 is 1.90 bits per heavy atom. The van der Waals surface area contributed by atoms with Crippen LogP contribution in [-0.4, -0.2) is 47.9 Å². The van der Waals surface area contributed by atoms with Crippen LogP contribution in [0.1, 0.15) is 42.6 Å². The second-order valence-corrected chi connectivity index (χ2v) is 8.45. The van der Waals surface area contributed by atoms with Gasteiger partial charge in [-0.1, -0.05) is 18.2 Å². The molecule has 1 fully saturated rings. The number of halogens is 1. The Balaban J connectivity index is 1.56. The summed E-state index contributed by atoms with van der Waals surface area (Å²) in [5.74, 6) is 0.158. The van der Waals surface area contributed by atoms with E-state index in [0.29, 0.717) is 30.2 Å². The van der Waals surface area contributed by atoms with Crippen molar-refractivity contribution in [2.45, 2.75) is 32.4 Å². The van der Waals surface area contributed by atoms with Crippen molar-refractivity contribution in [3.8, 4) is 22.9 Å². The molecule has 1 saturated heterocycles. The van der Waals surface area contributed by atoms with Gasteiger partial charge in [0.15, 0.2) is 0 Å². The molecule has 30 heavy (non-hydrogen) atoms. The third-order valence-corrected chi connectivity index (χ3v) is 5.34. The van der Waals surface area contributed by atoms with E-state index in [2.05, 4.69) is 11.0 Å². The molecule has 1 N–H and O–H groups in total. The number of nitriles is 1. The first-order valence-corrected chi connectivity index (χ1v) is 10.2. The zero-order chi connectivity index (χ0) is 21.7. The first kappa shape index (κ1) is 21.8. The average molecular weight is 410 g/mol. The zero-order valence-electron chi connectivity index (χ0n) is 17.4. The van der Waals surface area contributed by atoms with E-state index in [1.807, 2.05) is 24.3 Å². The molecule has 0 aromatic heterocycles. The Morgan fingerprint density at radius 1 is 1.23 bits per heavy atom. The first-order chi connectivity index (χ1) is 14.2. The molecule has 3 rings (SSSR count). The maximum Gasteiger partial charge on any atom is 0.335 e. The fourth-order valence-electron chi connectivity index (χ4n) is 3.81. The maximum absolute atomic E-state index is 13.8. The number of rotatable bonds is 7. The van der Waals surface area contributed by atoms with Crippen LogP contribution in [0.5, 0.6) is 5.75 Å². The molecule has 2 aromatic carbocycles. The summed E-state index contributed by atoms with van der Waals surface area (Å²) in [5.41, 5.74) is 0.781. The molecule has 1 aliphatic rings. The quantitative estimate of drug-likeness (QED) is 0.712. The lowest BCUT2D eigenvalue weighted by Gasteiger charge is -2.34. The minimum Gasteiger partial charge on any atom is -0.493 e. The third-order valence-electron chi connectivity index (χ3n) is 5.34. The van der Waals surface area contributed by atoms with Crippen LogP contribution >= 0.6 is 0 Å². The summed E-state index contributed by atoms with van der Waals surface area (Å²) >= 11 is 0. The number of carboxylic acid groups (broad SMARTS) is 1. The van der Waals surface area contributed by atoms with Gasteiger partial charge < -0.3 is 14.7 Å². The van der Waals surface area contributed by atoms with Crippen molar-refractivity contribution in [3.63, 3.8) is 0 Å². The number of hydrogen-bond donors (Lipinski definition) is 1. The molecule has 0 spiro atoms. The predicted molar refractivity (Wildman–Crippen MR) is 113 cm³/mol. The van der Waals surface area contributed by atoms with Crippen molar-refractivity contribution in [2.24, 2.45) is 5.92 Å². The van der Waals surface area contributed by atoms with E-state index in [9.17, 15) is 14.4 Å². The Labute approximate surface area is 176 Å². The molecule has 0 aliphatic carbocycles. The molecule has 0 atom stereocenters. The lowest BCUT2D eigenvalue weighted by atomic mass is 9.96. The Hall–Kier alpha value is -2.91. The number of ether oxygens (including phenoxy) is 1. The van der Waals surface area contributed by atoms with Gasteiger partial charge in [-0.2, -0.15) is 5.26 Å². The minimum absolute atomic E-state index is 0.0939. The molecule has 6 heteroatoms. The molecule has 0 bridgehead atoms. The Bertz CT molecular complexity index is 921. The summed E-state index contributed by atoms with van der Waals surface area (Å²) in [6.45, 7) is 6.12. The molecular weight excluding hydrogens is 383 g/mol. The van der Waals surface area contributed by atoms with Crippen molar-refractivity contribution < 1.29 is 19.0 Å². The minimum atomic E-state index is -1.16. The van der Waals surface area contributed by atoms with Gasteiger partial charge in [0.1, 0.15) is 11.4 Å². The van der Waals surface area contributed by atoms with Gasteiger partial charge in [-0.3, -0.25) is 0 Å². The Kier molecular flexibility index (Phi) is 6.73. The summed E-state index contributed by atoms with van der Waals surface area (Å²) in [4.78, 5) is 13.3. The lowest BCUT2D eigenvalue weighted by Crippen LogP contribution is -2.41. The van der Waals surface area contributed by atoms with Crippen molar-refractivity contribution in [1.82, 2.24) is 4.90 Å². The Morgan fingerprint density at radius 3 is 2.47 bits per heavy atom. The summed E-state index contributed by atoms with van der Waals surface area (Å²) in [7, 11) is 0. The highest BCUT2D eigenvalue weighted by Gasteiger charge is 2.25. The van der Waals surface area contributed by atoms with E-state index in [0.717, 1.165) is 37.2 Å². The van der Waals surface area contributed by atoms with E-state index < -0.39 is 11.6 Å². The number of hydrogen-bond acceptors (Lipinski definition) is 4. The number of aromatic carboxylic acids is 1. The third kappa shape index (κ3) is 5.80. The van der Waals surface area contributed by atoms with Crippen LogP contribution in [0.15, 0.2) is 42.5 Å². The lowest BCUT2D eigenvalue weighted by molar-refractivity contribution is 0.0696. The summed E-state index contributed by atoms with van der Waals surface area (Å²) in [5, 5.41) is 18.4. The second-order valence-electron chi connectivity index (χ2n) is 8.45. The van der Waals surface area contributed by atoms with E-state index in [1.54, 1.807) is 19.9 Å². The van der Waals surface area contributed by atoms with Gasteiger partial charge in [-0.15, -0.1) is 0 Å². The molecule has 0 amide bonds. The van der Waals surface area contributed by atoms with Crippen LogP contribution in [0.3, 0.4) is 0 Å². The summed E-state index contributed by atoms with van der Waals surface area (Å²) < 4.78 is 19.7. The number of likely N-dealkylation sites (tertiary alicyclic amines) is 1. The molecule has 0 saturated carbocycles. The van der Waals surface area contributed by atoms with Crippen molar-refractivity contribution in [1.29, 1.82) is 5.26 Å². The molecule has 158 valence electrons. The second kappa shape index (κ2) is 9.27. The smallest absolute Gasteiger partial charge is 0.335 e. The van der Waals surface area contributed by atoms with Crippen molar-refractivity contribution >= 4 is 5.97 Å². The maximum atomic E-state index is 13.8. The zero-order valence-corrected chi connectivity index (χ0v) is 17.4. The van der Waals surface area contributed by atoms with Gasteiger partial charge in [0, 0.05) is 6.54 Å². The molecule has 5 nitrogen and oxygen atoms in total. The highest BCUT2D eigenvalue weighted by atomic mass is 19.1. The van der Waals surface area contributed by atoms with Gasteiger partial charge >= 0.3 is 5.97 Å². The van der Waals surface area contributed by atoms with E-state index in [1.165, 1.54) is 12.1 Å². The van der Waals surface area contributed by atoms with Crippen LogP contribution in [0.25, 0.3) is 11.1 Å². The highest BCUT2D eigenvalue weighted by molar-refractivity contribution is 5.89. The van der Waals surface area contributed by atoms with Crippen LogP contribution in [0, 0.1) is 17.2 Å². The van der Waals surface area contributed by atoms with E-state index >= 15 is 0 Å². The first-order valence-electron chi connectivity index (χ1n) is 10.2. The number of alkyl halides is 1. The summed E-state index contributed by atoms with van der Waals surface area (Å²) in [6.07, 6.45) is 1.99. The molecule has 1 aliphatic heterocycles. The number of benzene rings is 2. The van der Waals surface area contributed by atoms with Crippen LogP contribution in [0.2, 0.25) is 0 Å². The monoisotopic (exact) mass is 410 g/mol. The number of carbonyl (C=O) groups is 1. The fourth-order valence-corrected chi connectivity index (χ4v) is 3.81. The van der Waals surface area contributed by atoms with Gasteiger partial charge in [0.2, 0.25) is 0 Å². The molecule has 1 heterocycles. The van der Waals surface area contributed by atoms with Crippen molar-refractivity contribution in [3.05, 3.63) is 53.6 Å². The predicted octanol–water partition coefficient (Wildman–Crippen LogP) is 4.76. The largest absolute Gasteiger partial charge is 0.493 e. The van der Waals surface area contributed by atoms with Crippen LogP contribution in [-0.2, 0) is 0 Å². The SMILES string of the molecule is CC(C)(F)CN1CCC(COc2ccc(-c3ccc(C(=O)O)cc3C#N)cc2)CC1. The topological polar surface area (TPSA) is 73.6 Å². The molecular formula is C24H27FN2O3. The normalized spacial score (nSPS) is 15.5. The van der Waals surface area contributed by atoms with Crippen LogP contribution in [0.4, 0.5) is 4.39 Å². The van der Waals surface area contributed by atoms with Crippen LogP contribution < -0.4 is 4.74 Å². The molecule has 0 radical (unpaired) electrons. The molecule has 0 unspecified atom stereocenters. The fraction of sp³-hybridized carbons (Fsp3) is 0.417. The number of nitrogens with zero attached hydrogens (tertiary/aromatic N) is 2. The standard InChI is InChI=1S/C24H27FN2O3/c1-24(2,25)16-27-11-9-17(10-12-27)15-30-21-6-3-18(4-7-21)22-8-5-19(23(28)29)13-20(22)14-26/h3-8,13,17H,9-12,15-16H2,1-2H3,(H,28,29).